The highest BCUT2D eigenvalue weighted by Crippen LogP contribution is 2.10. The van der Waals surface area contributed by atoms with Crippen LogP contribution in [-0.4, -0.2) is 17.4 Å². The fourth-order valence-corrected chi connectivity index (χ4v) is 1.24. The molecule has 1 heterocycles. The lowest BCUT2D eigenvalue weighted by Gasteiger charge is -2.10. The molecule has 0 spiro atoms. The molecule has 0 fully saturated rings. The highest BCUT2D eigenvalue weighted by molar-refractivity contribution is 5.88. The van der Waals surface area contributed by atoms with Gasteiger partial charge in [0.1, 0.15) is 6.26 Å². The number of amides is 1. The van der Waals surface area contributed by atoms with Gasteiger partial charge in [0.2, 0.25) is 5.91 Å². The zero-order chi connectivity index (χ0) is 11.3. The van der Waals surface area contributed by atoms with Crippen LogP contribution in [0.25, 0.3) is 0 Å². The third-order valence-corrected chi connectivity index (χ3v) is 2.25. The third-order valence-electron chi connectivity index (χ3n) is 2.25. The van der Waals surface area contributed by atoms with E-state index in [9.17, 15) is 4.79 Å². The molecule has 1 unspecified atom stereocenters. The lowest BCUT2D eigenvalue weighted by atomic mass is 10.0. The molecule has 15 heavy (non-hydrogen) atoms. The van der Waals surface area contributed by atoms with E-state index in [1.165, 1.54) is 6.26 Å². The van der Waals surface area contributed by atoms with E-state index in [4.69, 9.17) is 10.2 Å². The minimum absolute atomic E-state index is 0.103. The summed E-state index contributed by atoms with van der Waals surface area (Å²) < 4.78 is 5.01. The van der Waals surface area contributed by atoms with E-state index >= 15 is 0 Å². The molecule has 0 aromatic carbocycles. The van der Waals surface area contributed by atoms with Gasteiger partial charge in [-0.25, -0.2) is 0 Å². The molecular formula is C10H17N3O2. The average Bonchev–Trinajstić information content (AvgIpc) is 2.60. The number of aromatic nitrogens is 1. The quantitative estimate of drug-likeness (QED) is 0.769. The first-order chi connectivity index (χ1) is 7.15. The second-order valence-electron chi connectivity index (χ2n) is 3.56. The van der Waals surface area contributed by atoms with Crippen molar-refractivity contribution < 1.29 is 9.21 Å². The molecule has 5 heteroatoms. The van der Waals surface area contributed by atoms with Crippen LogP contribution in [0.1, 0.15) is 25.5 Å². The number of nitrogens with zero attached hydrogens (tertiary/aromatic N) is 1. The predicted molar refractivity (Wildman–Crippen MR) is 57.3 cm³/mol. The fraction of sp³-hybridized carbons (Fsp3) is 0.600. The minimum Gasteiger partial charge on any atom is -0.432 e. The van der Waals surface area contributed by atoms with E-state index in [2.05, 4.69) is 10.3 Å². The van der Waals surface area contributed by atoms with E-state index in [1.807, 2.05) is 6.92 Å². The molecule has 3 N–H and O–H groups in total. The fourth-order valence-electron chi connectivity index (χ4n) is 1.24. The van der Waals surface area contributed by atoms with Crippen molar-refractivity contribution >= 4 is 11.9 Å². The number of anilines is 1. The van der Waals surface area contributed by atoms with Crippen molar-refractivity contribution in [3.63, 3.8) is 0 Å². The van der Waals surface area contributed by atoms with E-state index in [0.29, 0.717) is 13.0 Å². The summed E-state index contributed by atoms with van der Waals surface area (Å²) >= 11 is 0. The molecule has 1 atom stereocenters. The molecule has 0 aliphatic rings. The van der Waals surface area contributed by atoms with Crippen LogP contribution >= 0.6 is 0 Å². The van der Waals surface area contributed by atoms with Crippen molar-refractivity contribution in [1.82, 2.24) is 4.98 Å². The maximum atomic E-state index is 11.5. The molecule has 5 nitrogen and oxygen atoms in total. The number of hydrogen-bond acceptors (Lipinski definition) is 4. The Morgan fingerprint density at radius 1 is 1.73 bits per heavy atom. The van der Waals surface area contributed by atoms with Crippen molar-refractivity contribution in [1.29, 1.82) is 0 Å². The number of nitrogens with one attached hydrogen (secondary N) is 1. The topological polar surface area (TPSA) is 81.2 Å². The first kappa shape index (κ1) is 11.7. The molecule has 0 aliphatic heterocycles. The van der Waals surface area contributed by atoms with Crippen LogP contribution in [0.15, 0.2) is 10.7 Å². The minimum atomic E-state index is -0.103. The Morgan fingerprint density at radius 3 is 2.93 bits per heavy atom. The Hall–Kier alpha value is -1.36. The van der Waals surface area contributed by atoms with Crippen molar-refractivity contribution in [2.75, 3.05) is 11.9 Å². The number of hydrogen-bond donors (Lipinski definition) is 2. The predicted octanol–water partition coefficient (Wildman–Crippen LogP) is 1.30. The Labute approximate surface area is 89.1 Å². The second kappa shape index (κ2) is 5.50. The van der Waals surface area contributed by atoms with Gasteiger partial charge in [-0.3, -0.25) is 10.1 Å². The van der Waals surface area contributed by atoms with Crippen LogP contribution in [0, 0.1) is 12.8 Å². The number of carbonyl (C=O) groups is 1. The zero-order valence-electron chi connectivity index (χ0n) is 9.12. The molecule has 1 rings (SSSR count). The summed E-state index contributed by atoms with van der Waals surface area (Å²) in [6.45, 7) is 4.34. The van der Waals surface area contributed by atoms with Crippen LogP contribution in [0.5, 0.6) is 0 Å². The first-order valence-electron chi connectivity index (χ1n) is 5.07. The van der Waals surface area contributed by atoms with Gasteiger partial charge in [0, 0.05) is 6.42 Å². The van der Waals surface area contributed by atoms with Crippen molar-refractivity contribution in [3.8, 4) is 0 Å². The van der Waals surface area contributed by atoms with E-state index in [1.54, 1.807) is 6.92 Å². The molecule has 1 amide bonds. The van der Waals surface area contributed by atoms with Gasteiger partial charge in [0.05, 0.1) is 5.69 Å². The van der Waals surface area contributed by atoms with Crippen molar-refractivity contribution in [2.24, 2.45) is 11.7 Å². The Balaban J connectivity index is 2.42. The highest BCUT2D eigenvalue weighted by Gasteiger charge is 2.12. The number of nitrogens with two attached hydrogens (primary N) is 1. The van der Waals surface area contributed by atoms with Gasteiger partial charge < -0.3 is 10.2 Å². The summed E-state index contributed by atoms with van der Waals surface area (Å²) in [7, 11) is 0. The Kier molecular flexibility index (Phi) is 4.30. The summed E-state index contributed by atoms with van der Waals surface area (Å²) in [4.78, 5) is 15.5. The highest BCUT2D eigenvalue weighted by atomic mass is 16.4. The summed E-state index contributed by atoms with van der Waals surface area (Å²) in [6, 6.07) is 0.254. The van der Waals surface area contributed by atoms with Crippen LogP contribution in [0.4, 0.5) is 6.01 Å². The monoisotopic (exact) mass is 211 g/mol. The number of rotatable bonds is 5. The SMILES string of the molecule is CCC(CN)CC(=O)Nc1nc(C)co1. The lowest BCUT2D eigenvalue weighted by Crippen LogP contribution is -2.21. The molecule has 0 bridgehead atoms. The van der Waals surface area contributed by atoms with E-state index in [0.717, 1.165) is 12.1 Å². The van der Waals surface area contributed by atoms with Gasteiger partial charge in [-0.05, 0) is 19.4 Å². The Morgan fingerprint density at radius 2 is 2.47 bits per heavy atom. The van der Waals surface area contributed by atoms with Crippen LogP contribution < -0.4 is 11.1 Å². The summed E-state index contributed by atoms with van der Waals surface area (Å²) in [6.07, 6.45) is 2.80. The van der Waals surface area contributed by atoms with Gasteiger partial charge in [-0.1, -0.05) is 13.3 Å². The molecule has 0 saturated heterocycles. The summed E-state index contributed by atoms with van der Waals surface area (Å²) in [5, 5.41) is 2.59. The Bertz CT molecular complexity index is 318. The first-order valence-corrected chi connectivity index (χ1v) is 5.07. The van der Waals surface area contributed by atoms with Crippen LogP contribution in [0.3, 0.4) is 0 Å². The smallest absolute Gasteiger partial charge is 0.301 e. The second-order valence-corrected chi connectivity index (χ2v) is 3.56. The van der Waals surface area contributed by atoms with E-state index in [-0.39, 0.29) is 17.8 Å². The third kappa shape index (κ3) is 3.71. The molecule has 1 aromatic rings. The van der Waals surface area contributed by atoms with Gasteiger partial charge in [0.15, 0.2) is 0 Å². The van der Waals surface area contributed by atoms with Crippen molar-refractivity contribution in [2.45, 2.75) is 26.7 Å². The number of aryl methyl sites for hydroxylation is 1. The van der Waals surface area contributed by atoms with Gasteiger partial charge in [-0.15, -0.1) is 0 Å². The number of oxazole rings is 1. The molecule has 84 valence electrons. The van der Waals surface area contributed by atoms with Crippen LogP contribution in [0.2, 0.25) is 0 Å². The lowest BCUT2D eigenvalue weighted by molar-refractivity contribution is -0.117. The average molecular weight is 211 g/mol. The maximum Gasteiger partial charge on any atom is 0.301 e. The van der Waals surface area contributed by atoms with Gasteiger partial charge in [0.25, 0.3) is 0 Å². The zero-order valence-corrected chi connectivity index (χ0v) is 9.12. The van der Waals surface area contributed by atoms with Crippen molar-refractivity contribution in [3.05, 3.63) is 12.0 Å². The van der Waals surface area contributed by atoms with Gasteiger partial charge >= 0.3 is 6.01 Å². The summed E-state index contributed by atoms with van der Waals surface area (Å²) in [5.41, 5.74) is 6.26. The maximum absolute atomic E-state index is 11.5. The standard InChI is InChI=1S/C10H17N3O2/c1-3-8(5-11)4-9(14)13-10-12-7(2)6-15-10/h6,8H,3-5,11H2,1-2H3,(H,12,13,14). The molecular weight excluding hydrogens is 194 g/mol. The number of carbonyl (C=O) groups excluding carboxylic acids is 1. The largest absolute Gasteiger partial charge is 0.432 e. The normalized spacial score (nSPS) is 12.5. The molecule has 0 radical (unpaired) electrons. The molecule has 1 aromatic heterocycles. The van der Waals surface area contributed by atoms with Gasteiger partial charge in [-0.2, -0.15) is 4.98 Å². The molecule has 0 saturated carbocycles. The van der Waals surface area contributed by atoms with E-state index < -0.39 is 0 Å². The van der Waals surface area contributed by atoms with Crippen LogP contribution in [-0.2, 0) is 4.79 Å². The summed E-state index contributed by atoms with van der Waals surface area (Å²) in [5.74, 6) is 0.121. The molecule has 0 aliphatic carbocycles.